The molecule has 0 saturated carbocycles. The molecule has 0 saturated heterocycles. The lowest BCUT2D eigenvalue weighted by Crippen LogP contribution is -2.04. The van der Waals surface area contributed by atoms with Gasteiger partial charge in [0.2, 0.25) is 0 Å². The number of carbonyl (C=O) groups excluding carboxylic acids is 1. The fourth-order valence-corrected chi connectivity index (χ4v) is 1.84. The van der Waals surface area contributed by atoms with E-state index in [4.69, 9.17) is 9.84 Å². The summed E-state index contributed by atoms with van der Waals surface area (Å²) in [6.07, 6.45) is 0. The Hall–Kier alpha value is -1.00. The molecule has 0 aromatic heterocycles. The van der Waals surface area contributed by atoms with Crippen molar-refractivity contribution in [3.05, 3.63) is 29.8 Å². The van der Waals surface area contributed by atoms with Gasteiger partial charge in [0.15, 0.2) is 5.78 Å². The molecule has 0 unspecified atom stereocenters. The molecule has 0 aliphatic rings. The van der Waals surface area contributed by atoms with E-state index in [1.807, 2.05) is 6.92 Å². The van der Waals surface area contributed by atoms with Crippen molar-refractivity contribution in [2.45, 2.75) is 6.92 Å². The number of carbonyl (C=O) groups is 1. The summed E-state index contributed by atoms with van der Waals surface area (Å²) in [7, 11) is 0. The molecule has 88 valence electrons. The number of benzene rings is 1. The van der Waals surface area contributed by atoms with Crippen molar-refractivity contribution in [3.8, 4) is 5.75 Å². The van der Waals surface area contributed by atoms with E-state index in [9.17, 15) is 4.79 Å². The number of ether oxygens (including phenoxy) is 1. The number of Topliss-reactive ketones (excluding diaryl/α,β-unsaturated/α-hetero) is 1. The van der Waals surface area contributed by atoms with E-state index in [0.717, 1.165) is 5.75 Å². The first kappa shape index (κ1) is 13.1. The van der Waals surface area contributed by atoms with Crippen LogP contribution in [0.25, 0.3) is 0 Å². The van der Waals surface area contributed by atoms with Gasteiger partial charge in [-0.2, -0.15) is 11.8 Å². The average molecular weight is 240 g/mol. The molecule has 0 aliphatic heterocycles. The number of thioether (sulfide) groups is 1. The minimum Gasteiger partial charge on any atom is -0.494 e. The lowest BCUT2D eigenvalue weighted by molar-refractivity contribution is 0.102. The van der Waals surface area contributed by atoms with Gasteiger partial charge in [-0.3, -0.25) is 4.79 Å². The first-order valence-electron chi connectivity index (χ1n) is 5.22. The highest BCUT2D eigenvalue weighted by Gasteiger charge is 2.05. The van der Waals surface area contributed by atoms with Crippen molar-refractivity contribution in [2.24, 2.45) is 0 Å². The molecule has 0 spiro atoms. The van der Waals surface area contributed by atoms with Gasteiger partial charge in [0.05, 0.1) is 19.0 Å². The van der Waals surface area contributed by atoms with Crippen molar-refractivity contribution < 1.29 is 14.6 Å². The Balaban J connectivity index is 2.49. The quantitative estimate of drug-likeness (QED) is 0.585. The van der Waals surface area contributed by atoms with E-state index in [1.165, 1.54) is 11.8 Å². The van der Waals surface area contributed by atoms with Crippen LogP contribution in [-0.2, 0) is 0 Å². The zero-order chi connectivity index (χ0) is 11.8. The number of hydrogen-bond acceptors (Lipinski definition) is 4. The maximum atomic E-state index is 11.6. The highest BCUT2D eigenvalue weighted by atomic mass is 32.2. The van der Waals surface area contributed by atoms with Crippen molar-refractivity contribution in [1.82, 2.24) is 0 Å². The highest BCUT2D eigenvalue weighted by molar-refractivity contribution is 8.00. The van der Waals surface area contributed by atoms with E-state index in [2.05, 4.69) is 0 Å². The third kappa shape index (κ3) is 4.24. The van der Waals surface area contributed by atoms with Crippen LogP contribution in [0.5, 0.6) is 5.75 Å². The topological polar surface area (TPSA) is 46.5 Å². The largest absolute Gasteiger partial charge is 0.494 e. The molecule has 1 aromatic rings. The molecular weight excluding hydrogens is 224 g/mol. The normalized spacial score (nSPS) is 10.1. The molecule has 1 aromatic carbocycles. The molecule has 1 N–H and O–H groups in total. The van der Waals surface area contributed by atoms with Crippen LogP contribution in [0.3, 0.4) is 0 Å². The molecule has 0 radical (unpaired) electrons. The van der Waals surface area contributed by atoms with Crippen molar-refractivity contribution in [2.75, 3.05) is 24.7 Å². The number of hydrogen-bond donors (Lipinski definition) is 1. The number of ketones is 1. The molecule has 0 bridgehead atoms. The van der Waals surface area contributed by atoms with Crippen molar-refractivity contribution >= 4 is 17.5 Å². The van der Waals surface area contributed by atoms with E-state index < -0.39 is 0 Å². The second-order valence-corrected chi connectivity index (χ2v) is 4.26. The maximum Gasteiger partial charge on any atom is 0.172 e. The predicted octanol–water partition coefficient (Wildman–Crippen LogP) is 1.99. The summed E-state index contributed by atoms with van der Waals surface area (Å²) in [6, 6.07) is 7.14. The molecule has 0 atom stereocenters. The van der Waals surface area contributed by atoms with Gasteiger partial charge in [0, 0.05) is 11.3 Å². The maximum absolute atomic E-state index is 11.6. The Morgan fingerprint density at radius 3 is 2.62 bits per heavy atom. The smallest absolute Gasteiger partial charge is 0.172 e. The Kier molecular flexibility index (Phi) is 5.96. The van der Waals surface area contributed by atoms with Crippen molar-refractivity contribution in [3.63, 3.8) is 0 Å². The van der Waals surface area contributed by atoms with Gasteiger partial charge in [0.25, 0.3) is 0 Å². The molecule has 0 heterocycles. The van der Waals surface area contributed by atoms with Crippen LogP contribution in [0.4, 0.5) is 0 Å². The summed E-state index contributed by atoms with van der Waals surface area (Å²) in [4.78, 5) is 11.6. The van der Waals surface area contributed by atoms with Gasteiger partial charge >= 0.3 is 0 Å². The van der Waals surface area contributed by atoms with Crippen LogP contribution in [0, 0.1) is 0 Å². The van der Waals surface area contributed by atoms with Crippen LogP contribution < -0.4 is 4.74 Å². The summed E-state index contributed by atoms with van der Waals surface area (Å²) in [5.41, 5.74) is 0.689. The molecule has 16 heavy (non-hydrogen) atoms. The number of rotatable bonds is 7. The summed E-state index contributed by atoms with van der Waals surface area (Å²) in [6.45, 7) is 2.66. The van der Waals surface area contributed by atoms with Gasteiger partial charge in [-0.25, -0.2) is 0 Å². The number of aliphatic hydroxyl groups excluding tert-OH is 1. The highest BCUT2D eigenvalue weighted by Crippen LogP contribution is 2.14. The zero-order valence-electron chi connectivity index (χ0n) is 9.31. The summed E-state index contributed by atoms with van der Waals surface area (Å²) < 4.78 is 5.29. The van der Waals surface area contributed by atoms with Gasteiger partial charge in [-0.15, -0.1) is 0 Å². The van der Waals surface area contributed by atoms with E-state index in [-0.39, 0.29) is 12.4 Å². The first-order chi connectivity index (χ1) is 7.77. The second kappa shape index (κ2) is 7.30. The SMILES string of the molecule is CCOc1ccc(C(=O)CSCCO)cc1. The Labute approximate surface area is 99.8 Å². The third-order valence-electron chi connectivity index (χ3n) is 1.96. The van der Waals surface area contributed by atoms with Crippen LogP contribution in [0.1, 0.15) is 17.3 Å². The van der Waals surface area contributed by atoms with Crippen LogP contribution in [0.15, 0.2) is 24.3 Å². The third-order valence-corrected chi connectivity index (χ3v) is 2.89. The zero-order valence-corrected chi connectivity index (χ0v) is 10.1. The molecule has 1 rings (SSSR count). The Bertz CT molecular complexity index is 322. The molecule has 3 nitrogen and oxygen atoms in total. The lowest BCUT2D eigenvalue weighted by atomic mass is 10.1. The second-order valence-electron chi connectivity index (χ2n) is 3.16. The Morgan fingerprint density at radius 1 is 1.38 bits per heavy atom. The predicted molar refractivity (Wildman–Crippen MR) is 66.4 cm³/mol. The molecule has 0 fully saturated rings. The van der Waals surface area contributed by atoms with Crippen LogP contribution in [0.2, 0.25) is 0 Å². The molecule has 4 heteroatoms. The molecule has 0 aliphatic carbocycles. The minimum absolute atomic E-state index is 0.0847. The summed E-state index contributed by atoms with van der Waals surface area (Å²) in [5.74, 6) is 1.88. The average Bonchev–Trinajstić information content (AvgIpc) is 2.30. The summed E-state index contributed by atoms with van der Waals surface area (Å²) in [5, 5.41) is 8.60. The van der Waals surface area contributed by atoms with Crippen molar-refractivity contribution in [1.29, 1.82) is 0 Å². The van der Waals surface area contributed by atoms with Gasteiger partial charge in [-0.1, -0.05) is 0 Å². The van der Waals surface area contributed by atoms with Crippen LogP contribution >= 0.6 is 11.8 Å². The van der Waals surface area contributed by atoms with E-state index in [1.54, 1.807) is 24.3 Å². The van der Waals surface area contributed by atoms with Gasteiger partial charge < -0.3 is 9.84 Å². The fraction of sp³-hybridized carbons (Fsp3) is 0.417. The van der Waals surface area contributed by atoms with E-state index >= 15 is 0 Å². The minimum atomic E-state index is 0.0847. The van der Waals surface area contributed by atoms with E-state index in [0.29, 0.717) is 23.7 Å². The monoisotopic (exact) mass is 240 g/mol. The Morgan fingerprint density at radius 2 is 2.06 bits per heavy atom. The molecular formula is C12H16O3S. The number of aliphatic hydroxyl groups is 1. The molecule has 0 amide bonds. The van der Waals surface area contributed by atoms with Gasteiger partial charge in [0.1, 0.15) is 5.75 Å². The first-order valence-corrected chi connectivity index (χ1v) is 6.38. The van der Waals surface area contributed by atoms with Crippen LogP contribution in [-0.4, -0.2) is 35.6 Å². The fourth-order valence-electron chi connectivity index (χ4n) is 1.22. The lowest BCUT2D eigenvalue weighted by Gasteiger charge is -2.04. The van der Waals surface area contributed by atoms with Gasteiger partial charge in [-0.05, 0) is 31.2 Å². The summed E-state index contributed by atoms with van der Waals surface area (Å²) >= 11 is 1.44. The standard InChI is InChI=1S/C12H16O3S/c1-2-15-11-5-3-10(4-6-11)12(14)9-16-8-7-13/h3-6,13H,2,7-9H2,1H3.